The van der Waals surface area contributed by atoms with Crippen LogP contribution in [0.2, 0.25) is 0 Å². The number of aromatic nitrogens is 1. The molecule has 21 heavy (non-hydrogen) atoms. The number of pyridine rings is 1. The van der Waals surface area contributed by atoms with Gasteiger partial charge in [-0.1, -0.05) is 12.1 Å². The van der Waals surface area contributed by atoms with E-state index in [0.29, 0.717) is 0 Å². The summed E-state index contributed by atoms with van der Waals surface area (Å²) in [5.74, 6) is 0. The summed E-state index contributed by atoms with van der Waals surface area (Å²) in [5.41, 5.74) is 3.47. The molecule has 0 saturated carbocycles. The van der Waals surface area contributed by atoms with Crippen molar-refractivity contribution in [2.24, 2.45) is 5.14 Å². The van der Waals surface area contributed by atoms with Crippen molar-refractivity contribution in [2.45, 2.75) is 24.8 Å². The Kier molecular flexibility index (Phi) is 5.06. The van der Waals surface area contributed by atoms with Crippen LogP contribution in [0, 0.1) is 6.92 Å². The molecule has 2 rings (SSSR count). The Morgan fingerprint density at radius 2 is 1.90 bits per heavy atom. The first kappa shape index (κ1) is 15.6. The van der Waals surface area contributed by atoms with Gasteiger partial charge in [0.05, 0.1) is 4.90 Å². The molecule has 3 N–H and O–H groups in total. The second-order valence-corrected chi connectivity index (χ2v) is 6.48. The van der Waals surface area contributed by atoms with E-state index >= 15 is 0 Å². The van der Waals surface area contributed by atoms with E-state index in [1.54, 1.807) is 18.3 Å². The zero-order chi connectivity index (χ0) is 15.3. The number of nitrogens with one attached hydrogen (secondary N) is 1. The average Bonchev–Trinajstić information content (AvgIpc) is 2.45. The lowest BCUT2D eigenvalue weighted by Gasteiger charge is -2.07. The van der Waals surface area contributed by atoms with Crippen LogP contribution < -0.4 is 10.5 Å². The fourth-order valence-corrected chi connectivity index (χ4v) is 2.50. The second kappa shape index (κ2) is 6.80. The largest absolute Gasteiger partial charge is 0.312 e. The van der Waals surface area contributed by atoms with Gasteiger partial charge in [-0.3, -0.25) is 4.98 Å². The summed E-state index contributed by atoms with van der Waals surface area (Å²) in [7, 11) is -3.61. The molecule has 0 spiro atoms. The van der Waals surface area contributed by atoms with Crippen molar-refractivity contribution < 1.29 is 8.42 Å². The molecule has 112 valence electrons. The third kappa shape index (κ3) is 4.63. The minimum atomic E-state index is -3.61. The van der Waals surface area contributed by atoms with Crippen LogP contribution in [0.4, 0.5) is 0 Å². The molecule has 1 aromatic heterocycles. The summed E-state index contributed by atoms with van der Waals surface area (Å²) >= 11 is 0. The molecule has 1 aromatic carbocycles. The molecule has 0 aliphatic carbocycles. The number of hydrogen-bond acceptors (Lipinski definition) is 4. The van der Waals surface area contributed by atoms with Crippen molar-refractivity contribution in [3.8, 4) is 0 Å². The van der Waals surface area contributed by atoms with Crippen LogP contribution in [-0.2, 0) is 23.0 Å². The molecule has 0 radical (unpaired) electrons. The maximum atomic E-state index is 11.2. The molecule has 0 bridgehead atoms. The molecule has 1 heterocycles. The number of aryl methyl sites for hydroxylation is 1. The van der Waals surface area contributed by atoms with Crippen molar-refractivity contribution in [3.05, 3.63) is 59.4 Å². The SMILES string of the molecule is Cc1ccncc1CNCCc1ccc(S(N)(=O)=O)cc1. The second-order valence-electron chi connectivity index (χ2n) is 4.92. The smallest absolute Gasteiger partial charge is 0.238 e. The van der Waals surface area contributed by atoms with E-state index in [4.69, 9.17) is 5.14 Å². The molecule has 0 fully saturated rings. The molecule has 6 heteroatoms. The van der Waals surface area contributed by atoms with E-state index in [1.165, 1.54) is 23.3 Å². The van der Waals surface area contributed by atoms with Crippen molar-refractivity contribution in [1.82, 2.24) is 10.3 Å². The highest BCUT2D eigenvalue weighted by molar-refractivity contribution is 7.89. The number of sulfonamides is 1. The quantitative estimate of drug-likeness (QED) is 0.789. The summed E-state index contributed by atoms with van der Waals surface area (Å²) in [5, 5.41) is 8.41. The number of nitrogens with zero attached hydrogens (tertiary/aromatic N) is 1. The Hall–Kier alpha value is -1.76. The van der Waals surface area contributed by atoms with Gasteiger partial charge in [0.15, 0.2) is 0 Å². The van der Waals surface area contributed by atoms with Gasteiger partial charge < -0.3 is 5.32 Å². The van der Waals surface area contributed by atoms with Gasteiger partial charge in [0, 0.05) is 18.9 Å². The zero-order valence-corrected chi connectivity index (χ0v) is 12.7. The number of primary sulfonamides is 1. The van der Waals surface area contributed by atoms with Crippen molar-refractivity contribution in [1.29, 1.82) is 0 Å². The Morgan fingerprint density at radius 1 is 1.19 bits per heavy atom. The van der Waals surface area contributed by atoms with Gasteiger partial charge in [0.25, 0.3) is 0 Å². The number of hydrogen-bond donors (Lipinski definition) is 2. The van der Waals surface area contributed by atoms with E-state index in [-0.39, 0.29) is 4.90 Å². The first-order chi connectivity index (χ1) is 9.97. The van der Waals surface area contributed by atoms with Crippen LogP contribution in [0.15, 0.2) is 47.6 Å². The maximum absolute atomic E-state index is 11.2. The lowest BCUT2D eigenvalue weighted by Crippen LogP contribution is -2.17. The van der Waals surface area contributed by atoms with Gasteiger partial charge in [0.1, 0.15) is 0 Å². The van der Waals surface area contributed by atoms with Crippen LogP contribution >= 0.6 is 0 Å². The average molecular weight is 305 g/mol. The number of nitrogens with two attached hydrogens (primary N) is 1. The maximum Gasteiger partial charge on any atom is 0.238 e. The van der Waals surface area contributed by atoms with Crippen molar-refractivity contribution in [3.63, 3.8) is 0 Å². The molecular formula is C15H19N3O2S. The van der Waals surface area contributed by atoms with Gasteiger partial charge in [-0.15, -0.1) is 0 Å². The lowest BCUT2D eigenvalue weighted by molar-refractivity contribution is 0.597. The predicted octanol–water partition coefficient (Wildman–Crippen LogP) is 1.37. The normalized spacial score (nSPS) is 11.5. The summed E-state index contributed by atoms with van der Waals surface area (Å²) in [6, 6.07) is 8.64. The molecular weight excluding hydrogens is 286 g/mol. The lowest BCUT2D eigenvalue weighted by atomic mass is 10.1. The molecule has 0 atom stereocenters. The molecule has 2 aromatic rings. The van der Waals surface area contributed by atoms with Gasteiger partial charge >= 0.3 is 0 Å². The zero-order valence-electron chi connectivity index (χ0n) is 11.9. The Labute approximate surface area is 125 Å². The van der Waals surface area contributed by atoms with E-state index in [9.17, 15) is 8.42 Å². The highest BCUT2D eigenvalue weighted by Gasteiger charge is 2.06. The van der Waals surface area contributed by atoms with Crippen molar-refractivity contribution in [2.75, 3.05) is 6.54 Å². The van der Waals surface area contributed by atoms with E-state index in [1.807, 2.05) is 12.3 Å². The van der Waals surface area contributed by atoms with Crippen LogP contribution in [0.1, 0.15) is 16.7 Å². The topological polar surface area (TPSA) is 85.1 Å². The van der Waals surface area contributed by atoms with Gasteiger partial charge in [0.2, 0.25) is 10.0 Å². The predicted molar refractivity (Wildman–Crippen MR) is 82.2 cm³/mol. The number of rotatable bonds is 6. The fraction of sp³-hybridized carbons (Fsp3) is 0.267. The van der Waals surface area contributed by atoms with Gasteiger partial charge in [-0.05, 0) is 54.8 Å². The Balaban J connectivity index is 1.83. The molecule has 0 unspecified atom stereocenters. The first-order valence-electron chi connectivity index (χ1n) is 6.69. The molecule has 0 aliphatic heterocycles. The van der Waals surface area contributed by atoms with Crippen molar-refractivity contribution >= 4 is 10.0 Å². The third-order valence-electron chi connectivity index (χ3n) is 3.31. The third-order valence-corrected chi connectivity index (χ3v) is 4.23. The highest BCUT2D eigenvalue weighted by atomic mass is 32.2. The van der Waals surface area contributed by atoms with E-state index < -0.39 is 10.0 Å². The monoisotopic (exact) mass is 305 g/mol. The minimum absolute atomic E-state index is 0.144. The fourth-order valence-electron chi connectivity index (χ4n) is 1.98. The van der Waals surface area contributed by atoms with Gasteiger partial charge in [-0.2, -0.15) is 0 Å². The molecule has 5 nitrogen and oxygen atoms in total. The summed E-state index contributed by atoms with van der Waals surface area (Å²) in [4.78, 5) is 4.25. The Bertz CT molecular complexity index is 697. The Morgan fingerprint density at radius 3 is 2.52 bits per heavy atom. The summed E-state index contributed by atoms with van der Waals surface area (Å²) in [6.45, 7) is 3.64. The standard InChI is InChI=1S/C15H19N3O2S/c1-12-6-8-17-10-14(12)11-18-9-7-13-2-4-15(5-3-13)21(16,19)20/h2-6,8,10,18H,7,9,11H2,1H3,(H2,16,19,20). The van der Waals surface area contributed by atoms with E-state index in [0.717, 1.165) is 25.1 Å². The van der Waals surface area contributed by atoms with Crippen LogP contribution in [-0.4, -0.2) is 19.9 Å². The first-order valence-corrected chi connectivity index (χ1v) is 8.23. The molecule has 0 amide bonds. The van der Waals surface area contributed by atoms with E-state index in [2.05, 4.69) is 17.2 Å². The minimum Gasteiger partial charge on any atom is -0.312 e. The van der Waals surface area contributed by atoms with Gasteiger partial charge in [-0.25, -0.2) is 13.6 Å². The molecule has 0 aliphatic rings. The molecule has 0 saturated heterocycles. The highest BCUT2D eigenvalue weighted by Crippen LogP contribution is 2.09. The van der Waals surface area contributed by atoms with Crippen LogP contribution in [0.5, 0.6) is 0 Å². The number of benzene rings is 1. The van der Waals surface area contributed by atoms with Crippen LogP contribution in [0.3, 0.4) is 0 Å². The van der Waals surface area contributed by atoms with Crippen LogP contribution in [0.25, 0.3) is 0 Å². The summed E-state index contributed by atoms with van der Waals surface area (Å²) < 4.78 is 22.3. The summed E-state index contributed by atoms with van der Waals surface area (Å²) in [6.07, 6.45) is 4.47.